The molecule has 0 unspecified atom stereocenters. The molecule has 0 fully saturated rings. The first-order chi connectivity index (χ1) is 14.7. The highest BCUT2D eigenvalue weighted by atomic mass is 35.5. The maximum atomic E-state index is 12.6. The highest BCUT2D eigenvalue weighted by Crippen LogP contribution is 2.21. The van der Waals surface area contributed by atoms with Gasteiger partial charge in [-0.3, -0.25) is 4.79 Å². The van der Waals surface area contributed by atoms with Crippen LogP contribution in [0.25, 0.3) is 0 Å². The van der Waals surface area contributed by atoms with E-state index < -0.39 is 10.0 Å². The number of hydrogen-bond donors (Lipinski definition) is 2. The summed E-state index contributed by atoms with van der Waals surface area (Å²) in [5, 5.41) is 3.34. The van der Waals surface area contributed by atoms with Gasteiger partial charge in [0, 0.05) is 16.8 Å². The number of carbonyl (C=O) groups excluding carboxylic acids is 1. The largest absolute Gasteiger partial charge is 0.484 e. The number of amides is 1. The molecule has 0 spiro atoms. The molecule has 1 amide bonds. The smallest absolute Gasteiger partial charge is 0.262 e. The highest BCUT2D eigenvalue weighted by molar-refractivity contribution is 7.89. The molecule has 2 N–H and O–H groups in total. The zero-order valence-electron chi connectivity index (χ0n) is 17.1. The Morgan fingerprint density at radius 3 is 2.35 bits per heavy atom. The summed E-state index contributed by atoms with van der Waals surface area (Å²) in [6.45, 7) is 3.41. The Morgan fingerprint density at radius 2 is 1.71 bits per heavy atom. The second kappa shape index (κ2) is 9.96. The van der Waals surface area contributed by atoms with Gasteiger partial charge in [0.15, 0.2) is 6.61 Å². The summed E-state index contributed by atoms with van der Waals surface area (Å²) in [6, 6.07) is 20.0. The lowest BCUT2D eigenvalue weighted by molar-refractivity contribution is -0.118. The second-order valence-corrected chi connectivity index (χ2v) is 9.17. The van der Waals surface area contributed by atoms with Crippen LogP contribution in [0.2, 0.25) is 5.02 Å². The minimum Gasteiger partial charge on any atom is -0.484 e. The van der Waals surface area contributed by atoms with E-state index in [0.717, 1.165) is 11.1 Å². The Kier molecular flexibility index (Phi) is 7.33. The molecule has 162 valence electrons. The van der Waals surface area contributed by atoms with Crippen molar-refractivity contribution in [3.05, 3.63) is 88.9 Å². The van der Waals surface area contributed by atoms with Gasteiger partial charge in [-0.05, 0) is 67.4 Å². The minimum atomic E-state index is -3.70. The molecule has 0 bridgehead atoms. The lowest BCUT2D eigenvalue weighted by Gasteiger charge is -2.15. The van der Waals surface area contributed by atoms with Crippen molar-refractivity contribution in [1.29, 1.82) is 0 Å². The summed E-state index contributed by atoms with van der Waals surface area (Å²) in [5.41, 5.74) is 2.36. The standard InChI is InChI=1S/C23H23ClN2O4S/c1-16-14-19(24)8-13-22(16)25-23(27)15-30-20-9-11-21(12-10-20)31(28,29)26-17(2)18-6-4-3-5-7-18/h3-14,17,26H,15H2,1-2H3,(H,25,27)/t17-/m0/s1. The molecule has 0 aliphatic rings. The Morgan fingerprint density at radius 1 is 1.03 bits per heavy atom. The molecular formula is C23H23ClN2O4S. The summed E-state index contributed by atoms with van der Waals surface area (Å²) in [5.74, 6) is 0.0542. The molecule has 0 saturated heterocycles. The number of anilines is 1. The van der Waals surface area contributed by atoms with Gasteiger partial charge in [-0.2, -0.15) is 0 Å². The van der Waals surface area contributed by atoms with Crippen molar-refractivity contribution in [2.24, 2.45) is 0 Å². The van der Waals surface area contributed by atoms with Crippen LogP contribution in [-0.2, 0) is 14.8 Å². The highest BCUT2D eigenvalue weighted by Gasteiger charge is 2.18. The molecule has 31 heavy (non-hydrogen) atoms. The molecule has 0 aliphatic heterocycles. The molecule has 6 nitrogen and oxygen atoms in total. The zero-order chi connectivity index (χ0) is 22.4. The van der Waals surface area contributed by atoms with E-state index in [0.29, 0.717) is 16.5 Å². The fourth-order valence-corrected chi connectivity index (χ4v) is 4.39. The molecule has 0 aliphatic carbocycles. The van der Waals surface area contributed by atoms with E-state index in [1.165, 1.54) is 24.3 Å². The van der Waals surface area contributed by atoms with Crippen LogP contribution in [0.3, 0.4) is 0 Å². The van der Waals surface area contributed by atoms with Gasteiger partial charge < -0.3 is 10.1 Å². The Hall–Kier alpha value is -2.87. The van der Waals surface area contributed by atoms with E-state index >= 15 is 0 Å². The molecule has 3 rings (SSSR count). The van der Waals surface area contributed by atoms with E-state index in [1.54, 1.807) is 25.1 Å². The van der Waals surface area contributed by atoms with Gasteiger partial charge in [0.05, 0.1) is 4.90 Å². The predicted molar refractivity (Wildman–Crippen MR) is 122 cm³/mol. The molecule has 0 heterocycles. The van der Waals surface area contributed by atoms with Gasteiger partial charge in [0.2, 0.25) is 10.0 Å². The first kappa shape index (κ1) is 22.8. The molecule has 3 aromatic carbocycles. The average molecular weight is 459 g/mol. The van der Waals surface area contributed by atoms with Gasteiger partial charge in [0.1, 0.15) is 5.75 Å². The number of halogens is 1. The van der Waals surface area contributed by atoms with E-state index in [9.17, 15) is 13.2 Å². The predicted octanol–water partition coefficient (Wildman–Crippen LogP) is 4.71. The fourth-order valence-electron chi connectivity index (χ4n) is 2.93. The molecule has 0 saturated carbocycles. The number of aryl methyl sites for hydroxylation is 1. The van der Waals surface area contributed by atoms with Crippen LogP contribution in [-0.4, -0.2) is 20.9 Å². The van der Waals surface area contributed by atoms with Crippen LogP contribution in [0.5, 0.6) is 5.75 Å². The third-order valence-corrected chi connectivity index (χ3v) is 6.39. The fraction of sp³-hybridized carbons (Fsp3) is 0.174. The third-order valence-electron chi connectivity index (χ3n) is 4.60. The number of rotatable bonds is 8. The lowest BCUT2D eigenvalue weighted by Crippen LogP contribution is -2.26. The maximum Gasteiger partial charge on any atom is 0.262 e. The van der Waals surface area contributed by atoms with Crippen molar-refractivity contribution < 1.29 is 17.9 Å². The SMILES string of the molecule is Cc1cc(Cl)ccc1NC(=O)COc1ccc(S(=O)(=O)N[C@@H](C)c2ccccc2)cc1. The van der Waals surface area contributed by atoms with E-state index in [2.05, 4.69) is 10.0 Å². The van der Waals surface area contributed by atoms with E-state index in [4.69, 9.17) is 16.3 Å². The van der Waals surface area contributed by atoms with Crippen molar-refractivity contribution in [2.75, 3.05) is 11.9 Å². The Bertz CT molecular complexity index is 1150. The van der Waals surface area contributed by atoms with Crippen LogP contribution < -0.4 is 14.8 Å². The molecular weight excluding hydrogens is 436 g/mol. The van der Waals surface area contributed by atoms with Gasteiger partial charge in [-0.1, -0.05) is 41.9 Å². The van der Waals surface area contributed by atoms with Crippen molar-refractivity contribution >= 4 is 33.2 Å². The first-order valence-electron chi connectivity index (χ1n) is 9.61. The number of hydrogen-bond acceptors (Lipinski definition) is 4. The lowest BCUT2D eigenvalue weighted by atomic mass is 10.1. The van der Waals surface area contributed by atoms with Crippen LogP contribution >= 0.6 is 11.6 Å². The number of sulfonamides is 1. The monoisotopic (exact) mass is 458 g/mol. The van der Waals surface area contributed by atoms with Gasteiger partial charge in [0.25, 0.3) is 5.91 Å². The average Bonchev–Trinajstić information content (AvgIpc) is 2.75. The second-order valence-electron chi connectivity index (χ2n) is 7.02. The normalized spacial score (nSPS) is 12.2. The Labute approximate surface area is 187 Å². The molecule has 0 radical (unpaired) electrons. The van der Waals surface area contributed by atoms with E-state index in [-0.39, 0.29) is 23.5 Å². The van der Waals surface area contributed by atoms with Crippen molar-refractivity contribution in [2.45, 2.75) is 24.8 Å². The van der Waals surface area contributed by atoms with Crippen LogP contribution in [0.1, 0.15) is 24.1 Å². The summed E-state index contributed by atoms with van der Waals surface area (Å²) < 4.78 is 33.4. The Balaban J connectivity index is 1.57. The summed E-state index contributed by atoms with van der Waals surface area (Å²) >= 11 is 5.91. The molecule has 1 atom stereocenters. The summed E-state index contributed by atoms with van der Waals surface area (Å²) in [4.78, 5) is 12.2. The number of benzene rings is 3. The van der Waals surface area contributed by atoms with Gasteiger partial charge in [-0.25, -0.2) is 13.1 Å². The summed E-state index contributed by atoms with van der Waals surface area (Å²) in [7, 11) is -3.70. The van der Waals surface area contributed by atoms with Crippen LogP contribution in [0.15, 0.2) is 77.7 Å². The molecule has 3 aromatic rings. The first-order valence-corrected chi connectivity index (χ1v) is 11.5. The third kappa shape index (κ3) is 6.30. The maximum absolute atomic E-state index is 12.6. The van der Waals surface area contributed by atoms with Crippen LogP contribution in [0.4, 0.5) is 5.69 Å². The molecule has 0 aromatic heterocycles. The summed E-state index contributed by atoms with van der Waals surface area (Å²) in [6.07, 6.45) is 0. The van der Waals surface area contributed by atoms with Gasteiger partial charge >= 0.3 is 0 Å². The van der Waals surface area contributed by atoms with Crippen molar-refractivity contribution in [3.8, 4) is 5.75 Å². The van der Waals surface area contributed by atoms with Crippen LogP contribution in [0, 0.1) is 6.92 Å². The van der Waals surface area contributed by atoms with Crippen molar-refractivity contribution in [3.63, 3.8) is 0 Å². The molecule has 8 heteroatoms. The quantitative estimate of drug-likeness (QED) is 0.512. The van der Waals surface area contributed by atoms with E-state index in [1.807, 2.05) is 37.3 Å². The number of nitrogens with one attached hydrogen (secondary N) is 2. The topological polar surface area (TPSA) is 84.5 Å². The minimum absolute atomic E-state index is 0.115. The van der Waals surface area contributed by atoms with Gasteiger partial charge in [-0.15, -0.1) is 0 Å². The van der Waals surface area contributed by atoms with Crippen molar-refractivity contribution in [1.82, 2.24) is 4.72 Å². The zero-order valence-corrected chi connectivity index (χ0v) is 18.7. The number of carbonyl (C=O) groups is 1. The number of ether oxygens (including phenoxy) is 1.